The zero-order valence-corrected chi connectivity index (χ0v) is 19.7. The van der Waals surface area contributed by atoms with Gasteiger partial charge in [-0.15, -0.1) is 11.3 Å². The van der Waals surface area contributed by atoms with Crippen LogP contribution in [-0.2, 0) is 12.8 Å². The van der Waals surface area contributed by atoms with Gasteiger partial charge in [-0.05, 0) is 49.7 Å². The van der Waals surface area contributed by atoms with Gasteiger partial charge < -0.3 is 10.5 Å². The molecule has 36 heavy (non-hydrogen) atoms. The van der Waals surface area contributed by atoms with Gasteiger partial charge in [0.1, 0.15) is 17.4 Å². The second-order valence-electron chi connectivity index (χ2n) is 9.15. The van der Waals surface area contributed by atoms with Crippen molar-refractivity contribution in [2.45, 2.75) is 56.8 Å². The fourth-order valence-electron chi connectivity index (χ4n) is 5.04. The number of hydrogen-bond acceptors (Lipinski definition) is 5. The van der Waals surface area contributed by atoms with Crippen molar-refractivity contribution in [2.75, 3.05) is 7.11 Å². The molecule has 0 amide bonds. The van der Waals surface area contributed by atoms with E-state index in [4.69, 9.17) is 10.5 Å². The Labute approximate surface area is 203 Å². The summed E-state index contributed by atoms with van der Waals surface area (Å²) in [7, 11) is 1.18. The first-order valence-corrected chi connectivity index (χ1v) is 12.1. The molecule has 5 rings (SSSR count). The van der Waals surface area contributed by atoms with Gasteiger partial charge in [0.05, 0.1) is 23.6 Å². The van der Waals surface area contributed by atoms with Crippen LogP contribution in [0.2, 0.25) is 0 Å². The molecular weight excluding hydrogens is 512 g/mol. The standard InChI is InChI=1S/C23H21F6N3O3S/c1-35-18-13(12-7-9-6-8(2-5-11(9)36-12)19(30)23(27,28)29)16(24)14(20(25)26)15-17(18)32(10-3-4-10)22(34)31-21(15)33/h7-8,10,19-20H,2-6,30H2,1H3,(H,31,33,34). The minimum atomic E-state index is -4.57. The number of nitrogens with two attached hydrogens (primary N) is 1. The number of nitrogens with zero attached hydrogens (tertiary/aromatic N) is 1. The van der Waals surface area contributed by atoms with Crippen molar-refractivity contribution in [3.8, 4) is 16.2 Å². The second kappa shape index (κ2) is 8.65. The molecule has 194 valence electrons. The third kappa shape index (κ3) is 3.92. The number of alkyl halides is 5. The van der Waals surface area contributed by atoms with Crippen LogP contribution in [0.15, 0.2) is 15.7 Å². The Hall–Kier alpha value is -2.80. The zero-order valence-electron chi connectivity index (χ0n) is 18.8. The number of hydrogen-bond donors (Lipinski definition) is 2. The van der Waals surface area contributed by atoms with E-state index < -0.39 is 52.6 Å². The predicted octanol–water partition coefficient (Wildman–Crippen LogP) is 4.83. The number of thiophene rings is 1. The van der Waals surface area contributed by atoms with E-state index in [0.717, 1.165) is 15.9 Å². The first-order chi connectivity index (χ1) is 16.9. The van der Waals surface area contributed by atoms with E-state index in [9.17, 15) is 31.5 Å². The van der Waals surface area contributed by atoms with Crippen molar-refractivity contribution in [3.63, 3.8) is 0 Å². The molecule has 1 fully saturated rings. The van der Waals surface area contributed by atoms with Gasteiger partial charge in [0, 0.05) is 15.8 Å². The Kier molecular flexibility index (Phi) is 5.98. The molecule has 1 saturated carbocycles. The van der Waals surface area contributed by atoms with E-state index in [1.54, 1.807) is 0 Å². The number of nitrogens with one attached hydrogen (secondary N) is 1. The lowest BCUT2D eigenvalue weighted by Crippen LogP contribution is -2.45. The van der Waals surface area contributed by atoms with Gasteiger partial charge in [0.25, 0.3) is 12.0 Å². The van der Waals surface area contributed by atoms with Crippen molar-refractivity contribution in [1.29, 1.82) is 0 Å². The highest BCUT2D eigenvalue weighted by atomic mass is 32.1. The normalized spacial score (nSPS) is 19.1. The van der Waals surface area contributed by atoms with Crippen molar-refractivity contribution >= 4 is 22.2 Å². The fourth-order valence-corrected chi connectivity index (χ4v) is 6.28. The number of methoxy groups -OCH3 is 1. The number of aromatic nitrogens is 2. The molecule has 2 aliphatic carbocycles. The van der Waals surface area contributed by atoms with Crippen LogP contribution in [0, 0.1) is 11.7 Å². The molecule has 2 unspecified atom stereocenters. The number of H-pyrrole nitrogens is 1. The summed E-state index contributed by atoms with van der Waals surface area (Å²) in [4.78, 5) is 28.1. The summed E-state index contributed by atoms with van der Waals surface area (Å²) >= 11 is 1.06. The summed E-state index contributed by atoms with van der Waals surface area (Å²) in [5.41, 5.74) is 2.25. The summed E-state index contributed by atoms with van der Waals surface area (Å²) in [5, 5.41) is -0.660. The summed E-state index contributed by atoms with van der Waals surface area (Å²) < 4.78 is 90.2. The van der Waals surface area contributed by atoms with Crippen LogP contribution < -0.4 is 21.7 Å². The van der Waals surface area contributed by atoms with Gasteiger partial charge in [0.15, 0.2) is 5.75 Å². The maximum atomic E-state index is 15.8. The molecule has 2 aliphatic rings. The van der Waals surface area contributed by atoms with Crippen LogP contribution in [0.25, 0.3) is 21.3 Å². The van der Waals surface area contributed by atoms with Crippen molar-refractivity contribution < 1.29 is 31.1 Å². The molecule has 2 atom stereocenters. The van der Waals surface area contributed by atoms with Gasteiger partial charge in [-0.25, -0.2) is 18.0 Å². The highest BCUT2D eigenvalue weighted by molar-refractivity contribution is 7.15. The van der Waals surface area contributed by atoms with Crippen LogP contribution in [-0.4, -0.2) is 28.9 Å². The molecule has 0 spiro atoms. The number of benzene rings is 1. The fraction of sp³-hybridized carbons (Fsp3) is 0.478. The molecule has 3 N–H and O–H groups in total. The molecule has 6 nitrogen and oxygen atoms in total. The lowest BCUT2D eigenvalue weighted by atomic mass is 9.83. The molecular formula is C23H21F6N3O3S. The van der Waals surface area contributed by atoms with Crippen LogP contribution >= 0.6 is 11.3 Å². The monoisotopic (exact) mass is 533 g/mol. The number of ether oxygens (including phenoxy) is 1. The Morgan fingerprint density at radius 1 is 1.22 bits per heavy atom. The third-order valence-electron chi connectivity index (χ3n) is 6.90. The van der Waals surface area contributed by atoms with Crippen LogP contribution in [0.5, 0.6) is 5.75 Å². The Balaban J connectivity index is 1.75. The molecule has 3 aromatic rings. The third-order valence-corrected chi connectivity index (χ3v) is 8.15. The van der Waals surface area contributed by atoms with Gasteiger partial charge in [-0.3, -0.25) is 14.3 Å². The predicted molar refractivity (Wildman–Crippen MR) is 121 cm³/mol. The maximum absolute atomic E-state index is 15.8. The molecule has 0 saturated heterocycles. The maximum Gasteiger partial charge on any atom is 0.403 e. The number of fused-ring (bicyclic) bond motifs is 2. The van der Waals surface area contributed by atoms with E-state index in [1.807, 2.05) is 4.98 Å². The van der Waals surface area contributed by atoms with Gasteiger partial charge >= 0.3 is 11.9 Å². The SMILES string of the molecule is COc1c(-c2cc3c(s2)CCC(C(N)C(F)(F)F)C3)c(F)c(C(F)F)c2c(=O)[nH]c(=O)n(C3CC3)c12. The van der Waals surface area contributed by atoms with Gasteiger partial charge in [-0.1, -0.05) is 0 Å². The summed E-state index contributed by atoms with van der Waals surface area (Å²) in [5.74, 6) is -2.49. The van der Waals surface area contributed by atoms with E-state index in [-0.39, 0.29) is 47.0 Å². The summed E-state index contributed by atoms with van der Waals surface area (Å²) in [6.07, 6.45) is -6.39. The molecule has 0 radical (unpaired) electrons. The Morgan fingerprint density at radius 3 is 2.50 bits per heavy atom. The minimum Gasteiger partial charge on any atom is -0.494 e. The van der Waals surface area contributed by atoms with Gasteiger partial charge in [-0.2, -0.15) is 13.2 Å². The Bertz CT molecular complexity index is 1470. The molecule has 0 bridgehead atoms. The lowest BCUT2D eigenvalue weighted by molar-refractivity contribution is -0.159. The second-order valence-corrected chi connectivity index (χ2v) is 10.3. The molecule has 1 aromatic carbocycles. The van der Waals surface area contributed by atoms with E-state index in [2.05, 4.69) is 0 Å². The number of aromatic amines is 1. The molecule has 13 heteroatoms. The zero-order chi connectivity index (χ0) is 26.1. The number of rotatable bonds is 5. The van der Waals surface area contributed by atoms with E-state index in [1.165, 1.54) is 13.2 Å². The largest absolute Gasteiger partial charge is 0.494 e. The minimum absolute atomic E-state index is 0.00181. The first-order valence-electron chi connectivity index (χ1n) is 11.2. The lowest BCUT2D eigenvalue weighted by Gasteiger charge is -2.28. The van der Waals surface area contributed by atoms with Crippen LogP contribution in [0.1, 0.15) is 47.7 Å². The number of aryl methyl sites for hydroxylation is 1. The number of halogens is 6. The topological polar surface area (TPSA) is 90.1 Å². The average Bonchev–Trinajstić information content (AvgIpc) is 3.54. The summed E-state index contributed by atoms with van der Waals surface area (Å²) in [6, 6.07) is -0.925. The molecule has 2 aromatic heterocycles. The highest BCUT2D eigenvalue weighted by Crippen LogP contribution is 2.49. The molecule has 0 aliphatic heterocycles. The van der Waals surface area contributed by atoms with Crippen LogP contribution in [0.3, 0.4) is 0 Å². The van der Waals surface area contributed by atoms with Gasteiger partial charge in [0.2, 0.25) is 0 Å². The van der Waals surface area contributed by atoms with Crippen molar-refractivity contribution in [3.05, 3.63) is 48.7 Å². The van der Waals surface area contributed by atoms with Crippen molar-refractivity contribution in [1.82, 2.24) is 9.55 Å². The quantitative estimate of drug-likeness (QED) is 0.460. The molecule has 2 heterocycles. The van der Waals surface area contributed by atoms with Crippen LogP contribution in [0.4, 0.5) is 26.3 Å². The first kappa shape index (κ1) is 24.9. The van der Waals surface area contributed by atoms with E-state index in [0.29, 0.717) is 23.3 Å². The Morgan fingerprint density at radius 2 is 1.92 bits per heavy atom. The summed E-state index contributed by atoms with van der Waals surface area (Å²) in [6.45, 7) is 0. The van der Waals surface area contributed by atoms with Crippen molar-refractivity contribution in [2.24, 2.45) is 11.7 Å². The average molecular weight is 533 g/mol. The van der Waals surface area contributed by atoms with E-state index >= 15 is 4.39 Å². The highest BCUT2D eigenvalue weighted by Gasteiger charge is 2.43. The smallest absolute Gasteiger partial charge is 0.403 e.